The molecule has 0 amide bonds. The highest BCUT2D eigenvalue weighted by atomic mass is 32.2. The van der Waals surface area contributed by atoms with Crippen molar-refractivity contribution in [3.05, 3.63) is 77.7 Å². The lowest BCUT2D eigenvalue weighted by Crippen LogP contribution is -2.42. The van der Waals surface area contributed by atoms with Crippen LogP contribution in [0.3, 0.4) is 0 Å². The van der Waals surface area contributed by atoms with Gasteiger partial charge in [0.05, 0.1) is 11.1 Å². The Bertz CT molecular complexity index is 1500. The number of esters is 1. The van der Waals surface area contributed by atoms with Gasteiger partial charge in [-0.3, -0.25) is 9.71 Å². The average Bonchev–Trinajstić information content (AvgIpc) is 3.63. The molecule has 2 heterocycles. The summed E-state index contributed by atoms with van der Waals surface area (Å²) in [5.41, 5.74) is 1.01. The number of pyridine rings is 1. The monoisotopic (exact) mass is 534 g/mol. The molecule has 1 aromatic heterocycles. The number of sulfonamides is 1. The predicted octanol–water partition coefficient (Wildman–Crippen LogP) is 6.46. The Morgan fingerprint density at radius 1 is 1.03 bits per heavy atom. The minimum Gasteiger partial charge on any atom is -0.512 e. The molecule has 0 saturated heterocycles. The normalized spacial score (nSPS) is 18.3. The van der Waals surface area contributed by atoms with Gasteiger partial charge in [0.1, 0.15) is 16.3 Å². The maximum Gasteiger partial charge on any atom is 0.338 e. The second-order valence-corrected chi connectivity index (χ2v) is 12.3. The smallest absolute Gasteiger partial charge is 0.338 e. The van der Waals surface area contributed by atoms with Crippen molar-refractivity contribution in [1.29, 1.82) is 0 Å². The summed E-state index contributed by atoms with van der Waals surface area (Å²) < 4.78 is 35.3. The second kappa shape index (κ2) is 10.1. The fraction of sp³-hybridized carbons (Fsp3) is 0.400. The van der Waals surface area contributed by atoms with Crippen LogP contribution in [-0.2, 0) is 26.0 Å². The molecule has 0 atom stereocenters. The number of nitrogens with zero attached hydrogens (tertiary/aromatic N) is 1. The number of carbonyl (C=O) groups is 1. The first kappa shape index (κ1) is 26.2. The molecular weight excluding hydrogens is 500 g/mol. The summed E-state index contributed by atoms with van der Waals surface area (Å²) >= 11 is 0. The summed E-state index contributed by atoms with van der Waals surface area (Å²) in [7, 11) is -3.88. The Labute approximate surface area is 224 Å². The Morgan fingerprint density at radius 3 is 2.42 bits per heavy atom. The summed E-state index contributed by atoms with van der Waals surface area (Å²) in [4.78, 5) is 17.6. The number of aliphatic hydroxyl groups excluding tert-OH is 1. The minimum atomic E-state index is -3.88. The van der Waals surface area contributed by atoms with Crippen molar-refractivity contribution >= 4 is 32.6 Å². The zero-order valence-corrected chi connectivity index (χ0v) is 22.7. The van der Waals surface area contributed by atoms with Gasteiger partial charge in [-0.1, -0.05) is 57.0 Å². The predicted molar refractivity (Wildman–Crippen MR) is 147 cm³/mol. The van der Waals surface area contributed by atoms with Crippen LogP contribution in [0.2, 0.25) is 0 Å². The highest BCUT2D eigenvalue weighted by Gasteiger charge is 2.54. The number of aliphatic hydroxyl groups is 1. The lowest BCUT2D eigenvalue weighted by atomic mass is 9.80. The Kier molecular flexibility index (Phi) is 6.94. The molecule has 8 heteroatoms. The van der Waals surface area contributed by atoms with Crippen LogP contribution in [0.25, 0.3) is 10.9 Å². The summed E-state index contributed by atoms with van der Waals surface area (Å²) in [6, 6.07) is 15.9. The van der Waals surface area contributed by atoms with E-state index >= 15 is 0 Å². The Morgan fingerprint density at radius 2 is 1.74 bits per heavy atom. The highest BCUT2D eigenvalue weighted by Crippen LogP contribution is 2.57. The SMILES string of the molecule is CCCC1(CCC)CC(O)=C(C2(Cc3cccc(NS(=O)(=O)c4cccc5cccnc45)c3)CC2)C(=O)O1. The van der Waals surface area contributed by atoms with Crippen molar-refractivity contribution in [1.82, 2.24) is 4.98 Å². The van der Waals surface area contributed by atoms with Crippen LogP contribution in [0.5, 0.6) is 0 Å². The molecule has 200 valence electrons. The molecule has 0 bridgehead atoms. The maximum atomic E-state index is 13.3. The van der Waals surface area contributed by atoms with Gasteiger partial charge >= 0.3 is 5.97 Å². The van der Waals surface area contributed by atoms with Gasteiger partial charge in [0.25, 0.3) is 10.0 Å². The van der Waals surface area contributed by atoms with Crippen LogP contribution in [0.1, 0.15) is 64.4 Å². The first-order valence-electron chi connectivity index (χ1n) is 13.3. The number of ether oxygens (including phenoxy) is 1. The van der Waals surface area contributed by atoms with Crippen molar-refractivity contribution in [2.45, 2.75) is 75.7 Å². The first-order chi connectivity index (χ1) is 18.2. The van der Waals surface area contributed by atoms with Crippen molar-refractivity contribution in [3.8, 4) is 0 Å². The molecule has 0 radical (unpaired) electrons. The summed E-state index contributed by atoms with van der Waals surface area (Å²) in [5.74, 6) is -0.255. The number of rotatable bonds is 10. The molecule has 3 aromatic rings. The molecule has 7 nitrogen and oxygen atoms in total. The van der Waals surface area contributed by atoms with Gasteiger partial charge in [-0.15, -0.1) is 0 Å². The largest absolute Gasteiger partial charge is 0.512 e. The van der Waals surface area contributed by atoms with Crippen molar-refractivity contribution < 1.29 is 23.1 Å². The lowest BCUT2D eigenvalue weighted by Gasteiger charge is -2.38. The number of nitrogens with one attached hydrogen (secondary N) is 1. The van der Waals surface area contributed by atoms with E-state index in [0.29, 0.717) is 29.6 Å². The van der Waals surface area contributed by atoms with Gasteiger partial charge < -0.3 is 9.84 Å². The quantitative estimate of drug-likeness (QED) is 0.289. The molecule has 2 aromatic carbocycles. The Hall–Kier alpha value is -3.39. The molecule has 5 rings (SSSR count). The molecule has 2 aliphatic rings. The van der Waals surface area contributed by atoms with E-state index in [-0.39, 0.29) is 10.7 Å². The first-order valence-corrected chi connectivity index (χ1v) is 14.8. The number of cyclic esters (lactones) is 1. The van der Waals surface area contributed by atoms with E-state index < -0.39 is 27.0 Å². The van der Waals surface area contributed by atoms with Gasteiger partial charge in [-0.2, -0.15) is 0 Å². The number of anilines is 1. The molecule has 0 unspecified atom stereocenters. The van der Waals surface area contributed by atoms with E-state index in [0.717, 1.165) is 49.5 Å². The number of para-hydroxylation sites is 1. The van der Waals surface area contributed by atoms with Crippen LogP contribution in [0.15, 0.2) is 77.0 Å². The molecule has 1 fully saturated rings. The summed E-state index contributed by atoms with van der Waals surface area (Å²) in [5, 5.41) is 11.8. The number of benzene rings is 2. The van der Waals surface area contributed by atoms with Crippen LogP contribution >= 0.6 is 0 Å². The average molecular weight is 535 g/mol. The third kappa shape index (κ3) is 5.01. The molecule has 1 aliphatic carbocycles. The summed E-state index contributed by atoms with van der Waals surface area (Å²) in [6.07, 6.45) is 7.19. The van der Waals surface area contributed by atoms with Crippen LogP contribution in [-0.4, -0.2) is 30.1 Å². The minimum absolute atomic E-state index is 0.113. The third-order valence-corrected chi connectivity index (χ3v) is 9.11. The Balaban J connectivity index is 1.38. The fourth-order valence-electron chi connectivity index (χ4n) is 5.94. The highest BCUT2D eigenvalue weighted by molar-refractivity contribution is 7.93. The van der Waals surface area contributed by atoms with Crippen molar-refractivity contribution in [2.75, 3.05) is 4.72 Å². The molecule has 1 saturated carbocycles. The van der Waals surface area contributed by atoms with Crippen molar-refractivity contribution in [3.63, 3.8) is 0 Å². The lowest BCUT2D eigenvalue weighted by molar-refractivity contribution is -0.162. The van der Waals surface area contributed by atoms with E-state index in [1.807, 2.05) is 18.2 Å². The van der Waals surface area contributed by atoms with E-state index in [4.69, 9.17) is 4.74 Å². The van der Waals surface area contributed by atoms with Gasteiger partial charge in [-0.05, 0) is 61.9 Å². The van der Waals surface area contributed by atoms with Crippen molar-refractivity contribution in [2.24, 2.45) is 5.41 Å². The van der Waals surface area contributed by atoms with Crippen LogP contribution in [0.4, 0.5) is 5.69 Å². The van der Waals surface area contributed by atoms with E-state index in [1.165, 1.54) is 0 Å². The van der Waals surface area contributed by atoms with E-state index in [2.05, 4.69) is 23.6 Å². The summed E-state index contributed by atoms with van der Waals surface area (Å²) in [6.45, 7) is 4.11. The number of carbonyl (C=O) groups excluding carboxylic acids is 1. The molecule has 1 aliphatic heterocycles. The number of hydrogen-bond acceptors (Lipinski definition) is 6. The molecule has 0 spiro atoms. The zero-order valence-electron chi connectivity index (χ0n) is 21.9. The molecule has 38 heavy (non-hydrogen) atoms. The van der Waals surface area contributed by atoms with E-state index in [9.17, 15) is 18.3 Å². The maximum absolute atomic E-state index is 13.3. The van der Waals surface area contributed by atoms with E-state index in [1.54, 1.807) is 42.6 Å². The third-order valence-electron chi connectivity index (χ3n) is 7.69. The fourth-order valence-corrected chi connectivity index (χ4v) is 7.17. The molecular formula is C30H34N2O5S. The topological polar surface area (TPSA) is 106 Å². The van der Waals surface area contributed by atoms with Crippen LogP contribution in [0, 0.1) is 5.41 Å². The number of aromatic nitrogens is 1. The standard InChI is InChI=1S/C30H34N2O5S/c1-3-13-30(14-4-2)20-24(33)26(28(34)37-30)29(15-16-29)19-21-8-5-11-23(18-21)32-38(35,36)25-12-6-9-22-10-7-17-31-27(22)25/h5-12,17-18,32-33H,3-4,13-16,19-20H2,1-2H3. The van der Waals surface area contributed by atoms with Gasteiger partial charge in [0.2, 0.25) is 0 Å². The second-order valence-electron chi connectivity index (χ2n) is 10.7. The van der Waals surface area contributed by atoms with Gasteiger partial charge in [0, 0.05) is 29.1 Å². The zero-order chi connectivity index (χ0) is 27.0. The van der Waals surface area contributed by atoms with Crippen LogP contribution < -0.4 is 4.72 Å². The number of hydrogen-bond donors (Lipinski definition) is 2. The van der Waals surface area contributed by atoms with Gasteiger partial charge in [0.15, 0.2) is 0 Å². The number of fused-ring (bicyclic) bond motifs is 1. The molecule has 2 N–H and O–H groups in total. The van der Waals surface area contributed by atoms with Gasteiger partial charge in [-0.25, -0.2) is 13.2 Å².